The van der Waals surface area contributed by atoms with Crippen molar-refractivity contribution in [3.63, 3.8) is 0 Å². The molecule has 0 aliphatic heterocycles. The molecule has 0 unspecified atom stereocenters. The van der Waals surface area contributed by atoms with Gasteiger partial charge in [0.25, 0.3) is 0 Å². The molecule has 0 saturated heterocycles. The first-order valence-corrected chi connectivity index (χ1v) is 8.78. The number of imidazole rings is 1. The first kappa shape index (κ1) is 16.8. The van der Waals surface area contributed by atoms with Crippen molar-refractivity contribution in [1.29, 1.82) is 0 Å². The van der Waals surface area contributed by atoms with E-state index in [1.807, 2.05) is 38.1 Å². The van der Waals surface area contributed by atoms with Crippen molar-refractivity contribution in [2.24, 2.45) is 0 Å². The zero-order valence-electron chi connectivity index (χ0n) is 13.8. The summed E-state index contributed by atoms with van der Waals surface area (Å²) in [5, 5.41) is 0.963. The Morgan fingerprint density at radius 3 is 2.64 bits per heavy atom. The van der Waals surface area contributed by atoms with Gasteiger partial charge in [-0.15, -0.1) is 0 Å². The third-order valence-corrected chi connectivity index (χ3v) is 4.91. The van der Waals surface area contributed by atoms with Crippen molar-refractivity contribution >= 4 is 17.5 Å². The number of ketones is 1. The molecule has 0 amide bonds. The Kier molecular flexibility index (Phi) is 5.83. The molecule has 118 valence electrons. The highest BCUT2D eigenvalue weighted by molar-refractivity contribution is 7.99. The molecule has 0 saturated carbocycles. The van der Waals surface area contributed by atoms with E-state index >= 15 is 0 Å². The summed E-state index contributed by atoms with van der Waals surface area (Å²) < 4.78 is 2.24. The topological polar surface area (TPSA) is 34.9 Å². The molecule has 22 heavy (non-hydrogen) atoms. The van der Waals surface area contributed by atoms with Gasteiger partial charge < -0.3 is 4.57 Å². The number of aromatic nitrogens is 2. The van der Waals surface area contributed by atoms with Gasteiger partial charge in [0.1, 0.15) is 0 Å². The Bertz CT molecular complexity index is 661. The van der Waals surface area contributed by atoms with E-state index in [9.17, 15) is 4.79 Å². The van der Waals surface area contributed by atoms with E-state index in [0.29, 0.717) is 5.75 Å². The Morgan fingerprint density at radius 2 is 1.95 bits per heavy atom. The predicted octanol–water partition coefficient (Wildman–Crippen LogP) is 4.58. The van der Waals surface area contributed by atoms with E-state index in [0.717, 1.165) is 41.4 Å². The van der Waals surface area contributed by atoms with Crippen molar-refractivity contribution in [1.82, 2.24) is 9.55 Å². The van der Waals surface area contributed by atoms with E-state index in [1.54, 1.807) is 11.8 Å². The molecule has 0 aliphatic carbocycles. The van der Waals surface area contributed by atoms with Crippen LogP contribution in [0, 0.1) is 20.8 Å². The zero-order chi connectivity index (χ0) is 16.1. The fraction of sp³-hybridized carbons (Fsp3) is 0.444. The minimum atomic E-state index is 0.170. The van der Waals surface area contributed by atoms with Crippen LogP contribution in [-0.4, -0.2) is 21.1 Å². The van der Waals surface area contributed by atoms with Crippen LogP contribution < -0.4 is 0 Å². The molecule has 0 atom stereocenters. The number of Topliss-reactive ketones (excluding diaryl/α,β-unsaturated/α-hetero) is 1. The van der Waals surface area contributed by atoms with Crippen LogP contribution >= 0.6 is 11.8 Å². The quantitative estimate of drug-likeness (QED) is 0.554. The Hall–Kier alpha value is -1.55. The van der Waals surface area contributed by atoms with Crippen LogP contribution in [0.15, 0.2) is 29.4 Å². The molecule has 2 rings (SSSR count). The van der Waals surface area contributed by atoms with E-state index in [1.165, 1.54) is 5.69 Å². The van der Waals surface area contributed by atoms with Gasteiger partial charge in [-0.25, -0.2) is 4.98 Å². The minimum Gasteiger partial charge on any atom is -0.323 e. The van der Waals surface area contributed by atoms with Crippen LogP contribution in [0.2, 0.25) is 0 Å². The van der Waals surface area contributed by atoms with Crippen LogP contribution in [0.3, 0.4) is 0 Å². The molecule has 0 N–H and O–H groups in total. The average Bonchev–Trinajstić information content (AvgIpc) is 2.78. The van der Waals surface area contributed by atoms with Crippen LogP contribution in [0.4, 0.5) is 0 Å². The standard InChI is InChI=1S/C18H24N2OS/c1-5-6-11-20-15(4)14(3)19-18(20)22-12-17(21)16-10-8-7-9-13(16)2/h7-10H,5-6,11-12H2,1-4H3. The number of aryl methyl sites for hydroxylation is 2. The lowest BCUT2D eigenvalue weighted by molar-refractivity contribution is 0.102. The highest BCUT2D eigenvalue weighted by atomic mass is 32.2. The van der Waals surface area contributed by atoms with Crippen molar-refractivity contribution < 1.29 is 4.79 Å². The molecule has 1 aromatic heterocycles. The molecule has 2 aromatic rings. The summed E-state index contributed by atoms with van der Waals surface area (Å²) in [6.45, 7) is 9.28. The molecule has 4 heteroatoms. The molecule has 0 radical (unpaired) electrons. The molecule has 0 spiro atoms. The predicted molar refractivity (Wildman–Crippen MR) is 92.8 cm³/mol. The number of benzene rings is 1. The molecule has 1 heterocycles. The Morgan fingerprint density at radius 1 is 1.23 bits per heavy atom. The molecular weight excluding hydrogens is 292 g/mol. The first-order valence-electron chi connectivity index (χ1n) is 7.80. The number of carbonyl (C=O) groups is 1. The minimum absolute atomic E-state index is 0.170. The lowest BCUT2D eigenvalue weighted by Gasteiger charge is -2.09. The van der Waals surface area contributed by atoms with Gasteiger partial charge in [0, 0.05) is 17.8 Å². The van der Waals surface area contributed by atoms with E-state index in [2.05, 4.69) is 23.4 Å². The van der Waals surface area contributed by atoms with E-state index in [-0.39, 0.29) is 5.78 Å². The number of rotatable bonds is 7. The largest absolute Gasteiger partial charge is 0.323 e. The molecule has 1 aromatic carbocycles. The summed E-state index contributed by atoms with van der Waals surface area (Å²) in [5.74, 6) is 0.607. The van der Waals surface area contributed by atoms with Gasteiger partial charge in [-0.1, -0.05) is 49.4 Å². The van der Waals surface area contributed by atoms with Crippen molar-refractivity contribution in [2.45, 2.75) is 52.2 Å². The lowest BCUT2D eigenvalue weighted by Crippen LogP contribution is -2.07. The highest BCUT2D eigenvalue weighted by Gasteiger charge is 2.14. The number of hydrogen-bond acceptors (Lipinski definition) is 3. The van der Waals surface area contributed by atoms with Crippen LogP contribution in [0.25, 0.3) is 0 Å². The zero-order valence-corrected chi connectivity index (χ0v) is 14.7. The number of thioether (sulfide) groups is 1. The SMILES string of the molecule is CCCCn1c(SCC(=O)c2ccccc2C)nc(C)c1C. The first-order chi connectivity index (χ1) is 10.5. The van der Waals surface area contributed by atoms with Crippen LogP contribution in [0.5, 0.6) is 0 Å². The fourth-order valence-corrected chi connectivity index (χ4v) is 3.41. The average molecular weight is 316 g/mol. The number of unbranched alkanes of at least 4 members (excludes halogenated alkanes) is 1. The summed E-state index contributed by atoms with van der Waals surface area (Å²) in [6, 6.07) is 7.76. The van der Waals surface area contributed by atoms with Gasteiger partial charge in [0.15, 0.2) is 10.9 Å². The number of hydrogen-bond donors (Lipinski definition) is 0. The second-order valence-corrected chi connectivity index (χ2v) is 6.54. The summed E-state index contributed by atoms with van der Waals surface area (Å²) in [4.78, 5) is 17.0. The smallest absolute Gasteiger partial charge is 0.173 e. The maximum Gasteiger partial charge on any atom is 0.173 e. The maximum absolute atomic E-state index is 12.4. The molecule has 3 nitrogen and oxygen atoms in total. The van der Waals surface area contributed by atoms with Crippen LogP contribution in [0.1, 0.15) is 47.1 Å². The Balaban J connectivity index is 2.10. The monoisotopic (exact) mass is 316 g/mol. The summed E-state index contributed by atoms with van der Waals surface area (Å²) >= 11 is 1.55. The molecule has 0 fully saturated rings. The van der Waals surface area contributed by atoms with E-state index in [4.69, 9.17) is 0 Å². The Labute approximate surface area is 137 Å². The molecular formula is C18H24N2OS. The summed E-state index contributed by atoms with van der Waals surface area (Å²) in [5.41, 5.74) is 4.12. The normalized spacial score (nSPS) is 10.9. The van der Waals surface area contributed by atoms with Gasteiger partial charge in [0.05, 0.1) is 11.4 Å². The fourth-order valence-electron chi connectivity index (χ4n) is 2.41. The lowest BCUT2D eigenvalue weighted by atomic mass is 10.1. The molecule has 0 aliphatic rings. The number of carbonyl (C=O) groups excluding carboxylic acids is 1. The van der Waals surface area contributed by atoms with Gasteiger partial charge in [-0.2, -0.15) is 0 Å². The van der Waals surface area contributed by atoms with Gasteiger partial charge in [-0.3, -0.25) is 4.79 Å². The van der Waals surface area contributed by atoms with Crippen LogP contribution in [-0.2, 0) is 6.54 Å². The van der Waals surface area contributed by atoms with Crippen molar-refractivity contribution in [2.75, 3.05) is 5.75 Å². The maximum atomic E-state index is 12.4. The third kappa shape index (κ3) is 3.80. The van der Waals surface area contributed by atoms with E-state index < -0.39 is 0 Å². The molecule has 0 bridgehead atoms. The van der Waals surface area contributed by atoms with Gasteiger partial charge in [-0.05, 0) is 32.8 Å². The second kappa shape index (κ2) is 7.63. The second-order valence-electron chi connectivity index (χ2n) is 5.60. The third-order valence-electron chi connectivity index (χ3n) is 3.94. The highest BCUT2D eigenvalue weighted by Crippen LogP contribution is 2.23. The van der Waals surface area contributed by atoms with Gasteiger partial charge in [0.2, 0.25) is 0 Å². The summed E-state index contributed by atoms with van der Waals surface area (Å²) in [7, 11) is 0. The van der Waals surface area contributed by atoms with Crippen molar-refractivity contribution in [3.05, 3.63) is 46.8 Å². The summed E-state index contributed by atoms with van der Waals surface area (Å²) in [6.07, 6.45) is 2.29. The van der Waals surface area contributed by atoms with Gasteiger partial charge >= 0.3 is 0 Å². The van der Waals surface area contributed by atoms with Crippen molar-refractivity contribution in [3.8, 4) is 0 Å². The number of nitrogens with zero attached hydrogens (tertiary/aromatic N) is 2.